The van der Waals surface area contributed by atoms with E-state index in [1.54, 1.807) is 18.5 Å². The Hall–Kier alpha value is -1.32. The maximum atomic E-state index is 12.1. The van der Waals surface area contributed by atoms with Gasteiger partial charge in [0.15, 0.2) is 11.5 Å². The van der Waals surface area contributed by atoms with Crippen LogP contribution in [0.1, 0.15) is 18.3 Å². The third-order valence-corrected chi connectivity index (χ3v) is 9.64. The fraction of sp³-hybridized carbons (Fsp3) is 0.643. The van der Waals surface area contributed by atoms with Crippen LogP contribution in [0.15, 0.2) is 6.33 Å². The summed E-state index contributed by atoms with van der Waals surface area (Å²) in [7, 11) is -14.9. The molecule has 0 bridgehead atoms. The van der Waals surface area contributed by atoms with Gasteiger partial charge in [0.2, 0.25) is 0 Å². The van der Waals surface area contributed by atoms with Crippen LogP contribution >= 0.6 is 23.5 Å². The highest BCUT2D eigenvalue weighted by molar-refractivity contribution is 7.66. The molecule has 17 nitrogen and oxygen atoms in total. The van der Waals surface area contributed by atoms with E-state index in [0.29, 0.717) is 22.8 Å². The molecule has 2 heterocycles. The van der Waals surface area contributed by atoms with Crippen molar-refractivity contribution in [1.82, 2.24) is 19.5 Å². The molecule has 2 aliphatic carbocycles. The van der Waals surface area contributed by atoms with Gasteiger partial charge < -0.3 is 39.7 Å². The number of imidazole rings is 1. The van der Waals surface area contributed by atoms with E-state index in [2.05, 4.69) is 28.9 Å². The van der Waals surface area contributed by atoms with Gasteiger partial charge in [0, 0.05) is 12.5 Å². The summed E-state index contributed by atoms with van der Waals surface area (Å²) in [6, 6.07) is -0.733. The molecule has 0 amide bonds. The van der Waals surface area contributed by atoms with E-state index >= 15 is 0 Å². The van der Waals surface area contributed by atoms with Crippen molar-refractivity contribution in [3.05, 3.63) is 12.2 Å². The highest BCUT2D eigenvalue weighted by Gasteiger charge is 2.72. The maximum Gasteiger partial charge on any atom is 0.490 e. The number of nitrogens with zero attached hydrogens (tertiary/aromatic N) is 4. The van der Waals surface area contributed by atoms with Crippen LogP contribution in [0.3, 0.4) is 0 Å². The number of aliphatic hydroxyl groups is 2. The Labute approximate surface area is 191 Å². The zero-order valence-corrected chi connectivity index (χ0v) is 20.2. The van der Waals surface area contributed by atoms with Crippen LogP contribution in [0.4, 0.5) is 5.82 Å². The molecule has 2 aromatic rings. The molecule has 0 saturated heterocycles. The van der Waals surface area contributed by atoms with Crippen molar-refractivity contribution >= 4 is 40.4 Å². The van der Waals surface area contributed by atoms with Gasteiger partial charge in [0.25, 0.3) is 0 Å². The molecule has 0 aromatic carbocycles. The number of nitrogens with one attached hydrogen (secondary N) is 1. The average molecular weight is 545 g/mol. The first-order valence-electron chi connectivity index (χ1n) is 9.62. The van der Waals surface area contributed by atoms with Crippen molar-refractivity contribution < 1.29 is 56.6 Å². The quantitative estimate of drug-likeness (QED) is 0.201. The fourth-order valence-electron chi connectivity index (χ4n) is 4.45. The van der Waals surface area contributed by atoms with Crippen LogP contribution in [0.2, 0.25) is 0 Å². The number of phosphoric ester groups is 1. The number of anilines is 1. The molecule has 0 spiro atoms. The van der Waals surface area contributed by atoms with Crippen molar-refractivity contribution in [3.8, 4) is 0 Å². The lowest BCUT2D eigenvalue weighted by Crippen LogP contribution is -2.35. The van der Waals surface area contributed by atoms with Gasteiger partial charge in [-0.05, 0) is 19.3 Å². The number of phosphoric acid groups is 3. The molecule has 2 unspecified atom stereocenters. The number of fused-ring (bicyclic) bond motifs is 2. The van der Waals surface area contributed by atoms with Gasteiger partial charge in [0.05, 0.1) is 25.1 Å². The SMILES string of the molecule is CNc1nc(C)nc2c1ncn2[C@H]1[C@H](O)[C@H](O)[C@]2(COP(=O)(O)OP(=O)(O)OP(=O)(O)O)C[C@H]12. The van der Waals surface area contributed by atoms with Crippen molar-refractivity contribution in [3.63, 3.8) is 0 Å². The molecular formula is C14H22N5O12P3. The van der Waals surface area contributed by atoms with E-state index in [1.165, 1.54) is 6.33 Å². The predicted molar refractivity (Wildman–Crippen MR) is 111 cm³/mol. The van der Waals surface area contributed by atoms with Crippen molar-refractivity contribution in [2.24, 2.45) is 11.3 Å². The minimum Gasteiger partial charge on any atom is -0.390 e. The second-order valence-corrected chi connectivity index (χ2v) is 12.4. The first-order chi connectivity index (χ1) is 15.6. The third kappa shape index (κ3) is 4.72. The standard InChI is InChI=1S/C14H22N5O12P3/c1-6-17-12(15-2)8-13(18-6)19(5-16-8)9-7-3-14(7,11(21)10(9)20)4-29-33(25,26)31-34(27,28)30-32(22,23)24/h5,7,9-11,20-21H,3-4H2,1-2H3,(H,25,26)(H,27,28)(H,15,17,18)(H2,22,23,24)/t7-,9-,10+,11+,14+/m1/s1. The average Bonchev–Trinajstić information content (AvgIpc) is 3.19. The lowest BCUT2D eigenvalue weighted by atomic mass is 10.0. The first-order valence-corrected chi connectivity index (χ1v) is 14.1. The summed E-state index contributed by atoms with van der Waals surface area (Å²) < 4.78 is 48.0. The Morgan fingerprint density at radius 2 is 1.82 bits per heavy atom. The van der Waals surface area contributed by atoms with E-state index in [0.717, 1.165) is 0 Å². The number of aliphatic hydroxyl groups excluding tert-OH is 2. The Bertz CT molecular complexity index is 1270. The molecule has 7 N–H and O–H groups in total. The molecule has 2 fully saturated rings. The van der Waals surface area contributed by atoms with Gasteiger partial charge in [-0.3, -0.25) is 4.52 Å². The zero-order valence-electron chi connectivity index (χ0n) is 17.6. The van der Waals surface area contributed by atoms with Crippen LogP contribution in [0.5, 0.6) is 0 Å². The molecule has 20 heteroatoms. The molecule has 0 radical (unpaired) electrons. The van der Waals surface area contributed by atoms with Gasteiger partial charge >= 0.3 is 23.5 Å². The van der Waals surface area contributed by atoms with Crippen LogP contribution in [-0.2, 0) is 26.8 Å². The monoisotopic (exact) mass is 545 g/mol. The molecule has 34 heavy (non-hydrogen) atoms. The highest BCUT2D eigenvalue weighted by Crippen LogP contribution is 2.71. The summed E-state index contributed by atoms with van der Waals surface area (Å²) >= 11 is 0. The smallest absolute Gasteiger partial charge is 0.390 e. The summed E-state index contributed by atoms with van der Waals surface area (Å²) in [6.45, 7) is 0.986. The maximum absolute atomic E-state index is 12.1. The number of aryl methyl sites for hydroxylation is 1. The Morgan fingerprint density at radius 3 is 2.44 bits per heavy atom. The van der Waals surface area contributed by atoms with E-state index < -0.39 is 59.7 Å². The molecule has 7 atom stereocenters. The summed E-state index contributed by atoms with van der Waals surface area (Å²) in [4.78, 5) is 49.1. The number of hydrogen-bond acceptors (Lipinski definition) is 12. The van der Waals surface area contributed by atoms with E-state index in [-0.39, 0.29) is 6.42 Å². The van der Waals surface area contributed by atoms with Gasteiger partial charge in [0.1, 0.15) is 17.4 Å². The molecule has 0 aliphatic heterocycles. The second kappa shape index (κ2) is 8.37. The minimum absolute atomic E-state index is 0.244. The summed E-state index contributed by atoms with van der Waals surface area (Å²) in [5, 5.41) is 24.3. The van der Waals surface area contributed by atoms with Gasteiger partial charge in [-0.15, -0.1) is 0 Å². The fourth-order valence-corrected chi connectivity index (χ4v) is 7.55. The summed E-state index contributed by atoms with van der Waals surface area (Å²) in [5.41, 5.74) is -0.384. The molecule has 2 saturated carbocycles. The zero-order chi connectivity index (χ0) is 25.3. The highest BCUT2D eigenvalue weighted by atomic mass is 31.3. The Kier molecular flexibility index (Phi) is 6.34. The number of hydrogen-bond donors (Lipinski definition) is 7. The van der Waals surface area contributed by atoms with Crippen LogP contribution in [0.25, 0.3) is 11.2 Å². The predicted octanol–water partition coefficient (Wildman–Crippen LogP) is -0.197. The van der Waals surface area contributed by atoms with Crippen molar-refractivity contribution in [2.75, 3.05) is 19.0 Å². The van der Waals surface area contributed by atoms with Crippen molar-refractivity contribution in [1.29, 1.82) is 0 Å². The Morgan fingerprint density at radius 1 is 1.15 bits per heavy atom. The molecule has 190 valence electrons. The third-order valence-electron chi connectivity index (χ3n) is 5.86. The van der Waals surface area contributed by atoms with E-state index in [9.17, 15) is 33.7 Å². The molecule has 4 rings (SSSR count). The minimum atomic E-state index is -5.67. The van der Waals surface area contributed by atoms with E-state index in [4.69, 9.17) is 14.3 Å². The van der Waals surface area contributed by atoms with Gasteiger partial charge in [-0.25, -0.2) is 28.6 Å². The number of rotatable bonds is 9. The molecular weight excluding hydrogens is 523 g/mol. The molecule has 2 aliphatic rings. The largest absolute Gasteiger partial charge is 0.490 e. The van der Waals surface area contributed by atoms with Gasteiger partial charge in [-0.2, -0.15) is 8.62 Å². The Balaban J connectivity index is 1.53. The van der Waals surface area contributed by atoms with E-state index in [1.807, 2.05) is 0 Å². The van der Waals surface area contributed by atoms with Crippen LogP contribution in [0, 0.1) is 18.3 Å². The first kappa shape index (κ1) is 25.8. The van der Waals surface area contributed by atoms with Crippen molar-refractivity contribution in [2.45, 2.75) is 31.6 Å². The summed E-state index contributed by atoms with van der Waals surface area (Å²) in [6.07, 6.45) is -1.08. The normalized spacial score (nSPS) is 32.2. The topological polar surface area (TPSA) is 256 Å². The van der Waals surface area contributed by atoms with Gasteiger partial charge in [-0.1, -0.05) is 0 Å². The summed E-state index contributed by atoms with van der Waals surface area (Å²) in [5.74, 6) is 0.431. The molecule has 2 aromatic heterocycles. The van der Waals surface area contributed by atoms with Crippen LogP contribution < -0.4 is 5.32 Å². The number of aromatic nitrogens is 4. The second-order valence-electron chi connectivity index (χ2n) is 8.03. The van der Waals surface area contributed by atoms with Crippen LogP contribution in [-0.4, -0.2) is 75.2 Å². The lowest BCUT2D eigenvalue weighted by molar-refractivity contribution is -0.0297. The lowest BCUT2D eigenvalue weighted by Gasteiger charge is -2.24.